The summed E-state index contributed by atoms with van der Waals surface area (Å²) in [4.78, 5) is 0. The van der Waals surface area contributed by atoms with Crippen LogP contribution in [0.25, 0.3) is 0 Å². The van der Waals surface area contributed by atoms with Crippen LogP contribution in [0, 0.1) is 39.9 Å². The highest BCUT2D eigenvalue weighted by Gasteiger charge is 2.42. The fourth-order valence-corrected chi connectivity index (χ4v) is 2.27. The minimum Gasteiger partial charge on any atom is -0.196 e. The molecule has 0 saturated carbocycles. The van der Waals surface area contributed by atoms with Gasteiger partial charge in [0.15, 0.2) is 5.41 Å². The van der Waals surface area contributed by atoms with E-state index in [0.29, 0.717) is 0 Å². The Hall–Kier alpha value is -2.58. The molecule has 0 saturated heterocycles. The van der Waals surface area contributed by atoms with Crippen LogP contribution in [0.5, 0.6) is 0 Å². The van der Waals surface area contributed by atoms with Crippen LogP contribution >= 0.6 is 0 Å². The highest BCUT2D eigenvalue weighted by Crippen LogP contribution is 2.39. The second kappa shape index (κ2) is 5.85. The van der Waals surface area contributed by atoms with Gasteiger partial charge in [0.2, 0.25) is 0 Å². The molecule has 0 unspecified atom stereocenters. The Morgan fingerprint density at radius 2 is 0.895 bits per heavy atom. The molecule has 0 atom stereocenters. The highest BCUT2D eigenvalue weighted by atomic mass is 14.5. The molecule has 0 spiro atoms. The van der Waals surface area contributed by atoms with Gasteiger partial charge in [0.25, 0.3) is 0 Å². The van der Waals surface area contributed by atoms with E-state index in [2.05, 4.69) is 12.1 Å². The molecule has 0 aromatic rings. The molecule has 0 aromatic carbocycles. The Kier molecular flexibility index (Phi) is 3.96. The van der Waals surface area contributed by atoms with Gasteiger partial charge in [-0.05, 0) is 0 Å². The van der Waals surface area contributed by atoms with Gasteiger partial charge in [-0.25, -0.2) is 0 Å². The van der Waals surface area contributed by atoms with Crippen molar-refractivity contribution in [2.24, 2.45) is 17.3 Å². The smallest absolute Gasteiger partial charge is 0.163 e. The molecule has 0 N–H and O–H groups in total. The zero-order chi connectivity index (χ0) is 13.6. The average Bonchev–Trinajstić information content (AvgIpc) is 2.86. The molecular weight excluding hydrogens is 232 g/mol. The normalized spacial score (nSPS) is 18.8. The van der Waals surface area contributed by atoms with Gasteiger partial charge in [-0.1, -0.05) is 72.9 Å². The van der Waals surface area contributed by atoms with E-state index in [4.69, 9.17) is 0 Å². The molecule has 0 aromatic heterocycles. The number of hydrogen-bond donors (Lipinski definition) is 0. The molecule has 2 rings (SSSR count). The second-order valence-corrected chi connectivity index (χ2v) is 4.45. The van der Waals surface area contributed by atoms with Crippen molar-refractivity contribution in [3.05, 3.63) is 72.9 Å². The van der Waals surface area contributed by atoms with Gasteiger partial charge in [0, 0.05) is 11.8 Å². The Morgan fingerprint density at radius 3 is 1.16 bits per heavy atom. The van der Waals surface area contributed by atoms with E-state index >= 15 is 0 Å². The quantitative estimate of drug-likeness (QED) is 0.747. The molecule has 2 heteroatoms. The summed E-state index contributed by atoms with van der Waals surface area (Å²) in [7, 11) is 0. The van der Waals surface area contributed by atoms with E-state index in [-0.39, 0.29) is 11.8 Å². The second-order valence-electron chi connectivity index (χ2n) is 4.45. The first-order valence-corrected chi connectivity index (χ1v) is 6.19. The maximum atomic E-state index is 9.62. The molecule has 0 heterocycles. The first kappa shape index (κ1) is 12.9. The Labute approximate surface area is 113 Å². The predicted octanol–water partition coefficient (Wildman–Crippen LogP) is 3.62. The van der Waals surface area contributed by atoms with Crippen molar-refractivity contribution >= 4 is 0 Å². The molecular formula is C17H14N2. The molecule has 0 fully saturated rings. The van der Waals surface area contributed by atoms with Crippen LogP contribution in [0.2, 0.25) is 0 Å². The van der Waals surface area contributed by atoms with E-state index < -0.39 is 5.41 Å². The minimum atomic E-state index is -1.11. The fraction of sp³-hybridized carbons (Fsp3) is 0.176. The molecule has 2 aliphatic carbocycles. The van der Waals surface area contributed by atoms with E-state index in [1.54, 1.807) is 0 Å². The van der Waals surface area contributed by atoms with Crippen LogP contribution in [0.3, 0.4) is 0 Å². The van der Waals surface area contributed by atoms with Crippen LogP contribution in [-0.2, 0) is 0 Å². The van der Waals surface area contributed by atoms with E-state index in [1.807, 2.05) is 72.9 Å². The first-order chi connectivity index (χ1) is 9.33. The lowest BCUT2D eigenvalue weighted by Crippen LogP contribution is -2.32. The number of nitriles is 2. The molecule has 92 valence electrons. The number of nitrogens with zero attached hydrogens (tertiary/aromatic N) is 2. The Bertz CT molecular complexity index is 500. The van der Waals surface area contributed by atoms with E-state index in [0.717, 1.165) is 0 Å². The Morgan fingerprint density at radius 1 is 0.579 bits per heavy atom. The molecule has 2 aliphatic rings. The number of allylic oxidation sites excluding steroid dienone is 12. The maximum Gasteiger partial charge on any atom is 0.163 e. The van der Waals surface area contributed by atoms with Crippen LogP contribution < -0.4 is 0 Å². The van der Waals surface area contributed by atoms with Crippen LogP contribution in [0.4, 0.5) is 0 Å². The standard InChI is InChI=1S/C17H14N2/c18-13-17(14-19,15-9-5-1-2-6-10-15)16-11-7-3-4-8-12-16/h1-12,15-16H. The van der Waals surface area contributed by atoms with Crippen molar-refractivity contribution in [2.75, 3.05) is 0 Å². The molecule has 0 aliphatic heterocycles. The summed E-state index contributed by atoms with van der Waals surface area (Å²) in [6.07, 6.45) is 22.8. The van der Waals surface area contributed by atoms with Gasteiger partial charge in [-0.15, -0.1) is 0 Å². The van der Waals surface area contributed by atoms with Crippen molar-refractivity contribution in [3.8, 4) is 12.1 Å². The van der Waals surface area contributed by atoms with E-state index in [9.17, 15) is 10.5 Å². The lowest BCUT2D eigenvalue weighted by atomic mass is 9.68. The van der Waals surface area contributed by atoms with Crippen LogP contribution in [0.15, 0.2) is 72.9 Å². The zero-order valence-electron chi connectivity index (χ0n) is 10.5. The largest absolute Gasteiger partial charge is 0.196 e. The minimum absolute atomic E-state index is 0.227. The van der Waals surface area contributed by atoms with Crippen LogP contribution in [-0.4, -0.2) is 0 Å². The Balaban J connectivity index is 2.44. The van der Waals surface area contributed by atoms with E-state index in [1.165, 1.54) is 0 Å². The van der Waals surface area contributed by atoms with Gasteiger partial charge in [0.1, 0.15) is 0 Å². The maximum absolute atomic E-state index is 9.62. The molecule has 0 amide bonds. The molecule has 0 bridgehead atoms. The third-order valence-electron chi connectivity index (χ3n) is 3.36. The number of rotatable bonds is 2. The lowest BCUT2D eigenvalue weighted by Gasteiger charge is -2.29. The molecule has 19 heavy (non-hydrogen) atoms. The van der Waals surface area contributed by atoms with Gasteiger partial charge in [0.05, 0.1) is 12.1 Å². The molecule has 0 radical (unpaired) electrons. The summed E-state index contributed by atoms with van der Waals surface area (Å²) in [5.41, 5.74) is -1.11. The average molecular weight is 246 g/mol. The van der Waals surface area contributed by atoms with Crippen LogP contribution in [0.1, 0.15) is 0 Å². The topological polar surface area (TPSA) is 47.6 Å². The predicted molar refractivity (Wildman–Crippen MR) is 75.5 cm³/mol. The SMILES string of the molecule is N#CC(C#N)(C1C=CC=CC=C1)C1C=CC=CC=C1. The lowest BCUT2D eigenvalue weighted by molar-refractivity contribution is 0.376. The summed E-state index contributed by atoms with van der Waals surface area (Å²) >= 11 is 0. The monoisotopic (exact) mass is 246 g/mol. The summed E-state index contributed by atoms with van der Waals surface area (Å²) in [5.74, 6) is -0.454. The van der Waals surface area contributed by atoms with Gasteiger partial charge in [-0.2, -0.15) is 10.5 Å². The van der Waals surface area contributed by atoms with Gasteiger partial charge >= 0.3 is 0 Å². The van der Waals surface area contributed by atoms with Crippen molar-refractivity contribution in [2.45, 2.75) is 0 Å². The van der Waals surface area contributed by atoms with Crippen molar-refractivity contribution in [1.82, 2.24) is 0 Å². The van der Waals surface area contributed by atoms with Crippen molar-refractivity contribution in [1.29, 1.82) is 10.5 Å². The summed E-state index contributed by atoms with van der Waals surface area (Å²) < 4.78 is 0. The fourth-order valence-electron chi connectivity index (χ4n) is 2.27. The third-order valence-corrected chi connectivity index (χ3v) is 3.36. The summed E-state index contributed by atoms with van der Waals surface area (Å²) in [6, 6.07) is 4.48. The molecule has 2 nitrogen and oxygen atoms in total. The number of hydrogen-bond acceptors (Lipinski definition) is 2. The summed E-state index contributed by atoms with van der Waals surface area (Å²) in [6.45, 7) is 0. The zero-order valence-corrected chi connectivity index (χ0v) is 10.5. The van der Waals surface area contributed by atoms with Gasteiger partial charge in [-0.3, -0.25) is 0 Å². The van der Waals surface area contributed by atoms with Crippen molar-refractivity contribution < 1.29 is 0 Å². The highest BCUT2D eigenvalue weighted by molar-refractivity contribution is 5.36. The first-order valence-electron chi connectivity index (χ1n) is 6.19. The van der Waals surface area contributed by atoms with Gasteiger partial charge < -0.3 is 0 Å². The summed E-state index contributed by atoms with van der Waals surface area (Å²) in [5, 5.41) is 19.2. The van der Waals surface area contributed by atoms with Crippen molar-refractivity contribution in [3.63, 3.8) is 0 Å². The third kappa shape index (κ3) is 2.49.